The maximum atomic E-state index is 12.2. The van der Waals surface area contributed by atoms with Gasteiger partial charge in [0, 0.05) is 31.9 Å². The molecule has 120 valence electrons. The molecule has 0 spiro atoms. The zero-order valence-corrected chi connectivity index (χ0v) is 13.1. The maximum absolute atomic E-state index is 12.2. The molecule has 0 bridgehead atoms. The molecule has 2 N–H and O–H groups in total. The first kappa shape index (κ1) is 16.3. The molecule has 0 saturated carbocycles. The van der Waals surface area contributed by atoms with Gasteiger partial charge in [-0.2, -0.15) is 0 Å². The van der Waals surface area contributed by atoms with Gasteiger partial charge in [0.25, 0.3) is 0 Å². The molecular weight excluding hydrogens is 282 g/mol. The van der Waals surface area contributed by atoms with Gasteiger partial charge in [-0.1, -0.05) is 17.7 Å². The van der Waals surface area contributed by atoms with Gasteiger partial charge in [0.1, 0.15) is 6.61 Å². The molecule has 0 atom stereocenters. The van der Waals surface area contributed by atoms with E-state index in [2.05, 4.69) is 10.6 Å². The third kappa shape index (κ3) is 4.73. The number of nitrogens with zero attached hydrogens (tertiary/aromatic N) is 1. The Labute approximate surface area is 130 Å². The van der Waals surface area contributed by atoms with Crippen molar-refractivity contribution in [3.05, 3.63) is 29.8 Å². The minimum atomic E-state index is -0.106. The van der Waals surface area contributed by atoms with Crippen LogP contribution < -0.4 is 10.6 Å². The van der Waals surface area contributed by atoms with Crippen molar-refractivity contribution in [3.8, 4) is 0 Å². The Morgan fingerprint density at radius 1 is 1.23 bits per heavy atom. The Kier molecular flexibility index (Phi) is 5.77. The van der Waals surface area contributed by atoms with Crippen LogP contribution in [0.2, 0.25) is 0 Å². The number of carbonyl (C=O) groups excluding carboxylic acids is 2. The predicted octanol–water partition coefficient (Wildman–Crippen LogP) is 1.75. The van der Waals surface area contributed by atoms with E-state index < -0.39 is 0 Å². The van der Waals surface area contributed by atoms with E-state index in [0.717, 1.165) is 24.1 Å². The molecule has 6 nitrogen and oxygen atoms in total. The van der Waals surface area contributed by atoms with Crippen molar-refractivity contribution in [2.45, 2.75) is 25.8 Å². The summed E-state index contributed by atoms with van der Waals surface area (Å²) in [7, 11) is 1.50. The molecule has 3 amide bonds. The molecule has 1 fully saturated rings. The second-order valence-electron chi connectivity index (χ2n) is 5.56. The number of methoxy groups -OCH3 is 1. The second-order valence-corrected chi connectivity index (χ2v) is 5.56. The summed E-state index contributed by atoms with van der Waals surface area (Å²) in [4.78, 5) is 25.4. The lowest BCUT2D eigenvalue weighted by Crippen LogP contribution is -2.48. The van der Waals surface area contributed by atoms with Crippen molar-refractivity contribution in [2.75, 3.05) is 32.1 Å². The van der Waals surface area contributed by atoms with E-state index in [4.69, 9.17) is 4.74 Å². The summed E-state index contributed by atoms with van der Waals surface area (Å²) >= 11 is 0. The summed E-state index contributed by atoms with van der Waals surface area (Å²) in [5.41, 5.74) is 1.96. The number of likely N-dealkylation sites (tertiary alicyclic amines) is 1. The first-order valence-corrected chi connectivity index (χ1v) is 7.49. The number of amides is 3. The Morgan fingerprint density at radius 2 is 1.86 bits per heavy atom. The van der Waals surface area contributed by atoms with Crippen LogP contribution >= 0.6 is 0 Å². The summed E-state index contributed by atoms with van der Waals surface area (Å²) < 4.78 is 4.79. The fraction of sp³-hybridized carbons (Fsp3) is 0.500. The highest BCUT2D eigenvalue weighted by Crippen LogP contribution is 2.14. The van der Waals surface area contributed by atoms with Crippen LogP contribution in [0.3, 0.4) is 0 Å². The van der Waals surface area contributed by atoms with Crippen molar-refractivity contribution in [2.24, 2.45) is 0 Å². The molecule has 0 radical (unpaired) electrons. The number of anilines is 1. The number of hydrogen-bond donors (Lipinski definition) is 2. The molecule has 1 aromatic carbocycles. The quantitative estimate of drug-likeness (QED) is 0.890. The van der Waals surface area contributed by atoms with Crippen molar-refractivity contribution in [1.29, 1.82) is 0 Å². The zero-order valence-electron chi connectivity index (χ0n) is 13.1. The van der Waals surface area contributed by atoms with E-state index in [1.807, 2.05) is 31.2 Å². The van der Waals surface area contributed by atoms with Gasteiger partial charge >= 0.3 is 6.03 Å². The molecule has 1 aliphatic rings. The fourth-order valence-electron chi connectivity index (χ4n) is 2.47. The van der Waals surface area contributed by atoms with Gasteiger partial charge in [0.2, 0.25) is 5.91 Å². The molecule has 1 aliphatic heterocycles. The first-order chi connectivity index (χ1) is 10.6. The van der Waals surface area contributed by atoms with Crippen molar-refractivity contribution < 1.29 is 14.3 Å². The molecule has 0 aromatic heterocycles. The molecule has 0 unspecified atom stereocenters. The van der Waals surface area contributed by atoms with Crippen molar-refractivity contribution in [1.82, 2.24) is 10.2 Å². The van der Waals surface area contributed by atoms with Crippen LogP contribution in [-0.4, -0.2) is 49.7 Å². The van der Waals surface area contributed by atoms with Crippen molar-refractivity contribution >= 4 is 17.6 Å². The minimum absolute atomic E-state index is 0.0775. The van der Waals surface area contributed by atoms with Crippen LogP contribution in [0.4, 0.5) is 10.5 Å². The maximum Gasteiger partial charge on any atom is 0.321 e. The molecule has 2 rings (SSSR count). The lowest BCUT2D eigenvalue weighted by atomic mass is 10.1. The van der Waals surface area contributed by atoms with Gasteiger partial charge in [-0.05, 0) is 31.9 Å². The molecule has 0 aliphatic carbocycles. The molecule has 22 heavy (non-hydrogen) atoms. The predicted molar refractivity (Wildman–Crippen MR) is 84.8 cm³/mol. The molecule has 1 saturated heterocycles. The Bertz CT molecular complexity index is 508. The van der Waals surface area contributed by atoms with Gasteiger partial charge in [0.05, 0.1) is 0 Å². The number of ether oxygens (including phenoxy) is 1. The highest BCUT2D eigenvalue weighted by Gasteiger charge is 2.23. The van der Waals surface area contributed by atoms with Crippen LogP contribution in [0.25, 0.3) is 0 Å². The van der Waals surface area contributed by atoms with E-state index in [1.54, 1.807) is 4.90 Å². The van der Waals surface area contributed by atoms with Crippen molar-refractivity contribution in [3.63, 3.8) is 0 Å². The lowest BCUT2D eigenvalue weighted by molar-refractivity contribution is -0.125. The van der Waals surface area contributed by atoms with E-state index in [-0.39, 0.29) is 24.6 Å². The molecule has 6 heteroatoms. The fourth-order valence-corrected chi connectivity index (χ4v) is 2.47. The summed E-state index contributed by atoms with van der Waals surface area (Å²) in [6.07, 6.45) is 1.52. The zero-order chi connectivity index (χ0) is 15.9. The number of piperidine rings is 1. The third-order valence-electron chi connectivity index (χ3n) is 3.73. The summed E-state index contributed by atoms with van der Waals surface area (Å²) in [6, 6.07) is 7.74. The lowest BCUT2D eigenvalue weighted by Gasteiger charge is -2.32. The van der Waals surface area contributed by atoms with Crippen LogP contribution in [0.5, 0.6) is 0 Å². The van der Waals surface area contributed by atoms with Gasteiger partial charge in [-0.25, -0.2) is 4.79 Å². The monoisotopic (exact) mass is 305 g/mol. The third-order valence-corrected chi connectivity index (χ3v) is 3.73. The number of aryl methyl sites for hydroxylation is 1. The largest absolute Gasteiger partial charge is 0.375 e. The number of rotatable bonds is 4. The van der Waals surface area contributed by atoms with Crippen LogP contribution in [0.15, 0.2) is 24.3 Å². The molecular formula is C16H23N3O3. The first-order valence-electron chi connectivity index (χ1n) is 7.49. The van der Waals surface area contributed by atoms with Gasteiger partial charge in [-0.3, -0.25) is 4.79 Å². The topological polar surface area (TPSA) is 70.7 Å². The average Bonchev–Trinajstić information content (AvgIpc) is 2.50. The number of benzene rings is 1. The number of nitrogens with one attached hydrogen (secondary N) is 2. The number of hydrogen-bond acceptors (Lipinski definition) is 3. The summed E-state index contributed by atoms with van der Waals surface area (Å²) in [6.45, 7) is 3.35. The van der Waals surface area contributed by atoms with E-state index in [9.17, 15) is 9.59 Å². The smallest absolute Gasteiger partial charge is 0.321 e. The Balaban J connectivity index is 1.77. The highest BCUT2D eigenvalue weighted by atomic mass is 16.5. The van der Waals surface area contributed by atoms with Crippen LogP contribution in [0, 0.1) is 6.92 Å². The normalized spacial score (nSPS) is 15.5. The van der Waals surface area contributed by atoms with E-state index in [1.165, 1.54) is 7.11 Å². The Morgan fingerprint density at radius 3 is 2.45 bits per heavy atom. The van der Waals surface area contributed by atoms with Gasteiger partial charge < -0.3 is 20.3 Å². The summed E-state index contributed by atoms with van der Waals surface area (Å²) in [5, 5.41) is 5.81. The van der Waals surface area contributed by atoms with Crippen LogP contribution in [0.1, 0.15) is 18.4 Å². The second kappa shape index (κ2) is 7.79. The highest BCUT2D eigenvalue weighted by molar-refractivity contribution is 5.89. The molecule has 1 heterocycles. The van der Waals surface area contributed by atoms with Crippen LogP contribution in [-0.2, 0) is 9.53 Å². The van der Waals surface area contributed by atoms with Gasteiger partial charge in [0.15, 0.2) is 0 Å². The van der Waals surface area contributed by atoms with E-state index in [0.29, 0.717) is 13.1 Å². The van der Waals surface area contributed by atoms with E-state index >= 15 is 0 Å². The summed E-state index contributed by atoms with van der Waals surface area (Å²) in [5.74, 6) is -0.106. The number of carbonyl (C=O) groups is 2. The minimum Gasteiger partial charge on any atom is -0.375 e. The standard InChI is InChI=1S/C16H23N3O3/c1-12-3-5-13(6-4-12)18-16(21)19-9-7-14(8-10-19)17-15(20)11-22-2/h3-6,14H,7-11H2,1-2H3,(H,17,20)(H,18,21). The Hall–Kier alpha value is -2.08. The van der Waals surface area contributed by atoms with Gasteiger partial charge in [-0.15, -0.1) is 0 Å². The number of urea groups is 1. The average molecular weight is 305 g/mol. The molecule has 1 aromatic rings. The SMILES string of the molecule is COCC(=O)NC1CCN(C(=O)Nc2ccc(C)cc2)CC1.